The van der Waals surface area contributed by atoms with E-state index in [1.165, 1.54) is 18.4 Å². The summed E-state index contributed by atoms with van der Waals surface area (Å²) in [6.45, 7) is 12.4. The van der Waals surface area contributed by atoms with Gasteiger partial charge in [0.15, 0.2) is 0 Å². The largest absolute Gasteiger partial charge is 0.458 e. The number of ketones is 1. The van der Waals surface area contributed by atoms with Crippen molar-refractivity contribution in [2.45, 2.75) is 79.6 Å². The van der Waals surface area contributed by atoms with Crippen molar-refractivity contribution < 1.29 is 14.3 Å². The number of cyclic esters (lactones) is 1. The molecule has 4 aliphatic rings. The molecule has 0 radical (unpaired) electrons. The molecule has 0 spiro atoms. The molecule has 3 aliphatic carbocycles. The minimum absolute atomic E-state index is 0.193. The Morgan fingerprint density at radius 2 is 1.93 bits per heavy atom. The second-order valence-corrected chi connectivity index (χ2v) is 10.7. The number of carbonyl (C=O) groups is 2. The van der Waals surface area contributed by atoms with Crippen molar-refractivity contribution in [1.29, 1.82) is 0 Å². The Hall–Kier alpha value is -1.38. The summed E-state index contributed by atoms with van der Waals surface area (Å²) in [4.78, 5) is 24.1. The lowest BCUT2D eigenvalue weighted by Gasteiger charge is -2.71. The second kappa shape index (κ2) is 6.57. The van der Waals surface area contributed by atoms with Crippen molar-refractivity contribution in [2.75, 3.05) is 6.61 Å². The third kappa shape index (κ3) is 2.53. The quantitative estimate of drug-likeness (QED) is 0.439. The molecule has 0 aromatic heterocycles. The molecule has 0 aromatic rings. The molecule has 6 atom stereocenters. The van der Waals surface area contributed by atoms with Gasteiger partial charge in [-0.05, 0) is 79.1 Å². The van der Waals surface area contributed by atoms with Crippen LogP contribution in [0.5, 0.6) is 0 Å². The monoisotopic (exact) mass is 384 g/mol. The van der Waals surface area contributed by atoms with E-state index in [0.717, 1.165) is 37.7 Å². The number of hydrogen-bond donors (Lipinski definition) is 0. The van der Waals surface area contributed by atoms with Gasteiger partial charge in [-0.1, -0.05) is 39.3 Å². The summed E-state index contributed by atoms with van der Waals surface area (Å²) in [7, 11) is 0. The lowest BCUT2D eigenvalue weighted by molar-refractivity contribution is -0.238. The molecule has 0 N–H and O–H groups in total. The Labute approximate surface area is 170 Å². The van der Waals surface area contributed by atoms with Crippen LogP contribution >= 0.6 is 0 Å². The number of rotatable bonds is 6. The lowest BCUT2D eigenvalue weighted by Crippen LogP contribution is -2.70. The van der Waals surface area contributed by atoms with E-state index in [1.54, 1.807) is 6.08 Å². The molecule has 28 heavy (non-hydrogen) atoms. The number of esters is 1. The zero-order valence-electron chi connectivity index (χ0n) is 18.3. The number of ether oxygens (including phenoxy) is 1. The molecular weight excluding hydrogens is 348 g/mol. The highest BCUT2D eigenvalue weighted by Gasteiger charge is 2.79. The molecule has 1 heterocycles. The van der Waals surface area contributed by atoms with Crippen molar-refractivity contribution in [3.63, 3.8) is 0 Å². The second-order valence-electron chi connectivity index (χ2n) is 10.7. The van der Waals surface area contributed by atoms with Gasteiger partial charge in [0, 0.05) is 18.4 Å². The highest BCUT2D eigenvalue weighted by molar-refractivity contribution is 5.86. The minimum atomic E-state index is -0.202. The van der Waals surface area contributed by atoms with Gasteiger partial charge in [-0.2, -0.15) is 0 Å². The average molecular weight is 385 g/mol. The number of allylic oxidation sites excluding steroid dienone is 2. The highest BCUT2D eigenvalue weighted by atomic mass is 16.5. The zero-order valence-corrected chi connectivity index (χ0v) is 18.3. The fourth-order valence-electron chi connectivity index (χ4n) is 7.64. The van der Waals surface area contributed by atoms with Crippen LogP contribution in [0, 0.1) is 34.0 Å². The number of hydrogen-bond acceptors (Lipinski definition) is 3. The van der Waals surface area contributed by atoms with E-state index in [1.807, 2.05) is 0 Å². The Kier molecular flexibility index (Phi) is 4.67. The van der Waals surface area contributed by atoms with Gasteiger partial charge in [-0.15, -0.1) is 0 Å². The smallest absolute Gasteiger partial charge is 0.331 e. The van der Waals surface area contributed by atoms with Crippen LogP contribution in [0.15, 0.2) is 23.3 Å². The van der Waals surface area contributed by atoms with Crippen molar-refractivity contribution in [2.24, 2.45) is 34.0 Å². The van der Waals surface area contributed by atoms with E-state index < -0.39 is 0 Å². The summed E-state index contributed by atoms with van der Waals surface area (Å²) >= 11 is 0. The molecule has 3 nitrogen and oxygen atoms in total. The van der Waals surface area contributed by atoms with E-state index in [9.17, 15) is 9.59 Å². The highest BCUT2D eigenvalue weighted by Crippen LogP contribution is 2.82. The Bertz CT molecular complexity index is 762. The molecule has 0 aromatic carbocycles. The zero-order chi connectivity index (χ0) is 20.3. The summed E-state index contributed by atoms with van der Waals surface area (Å²) in [6, 6.07) is 0. The van der Waals surface area contributed by atoms with Crippen LogP contribution in [0.3, 0.4) is 0 Å². The van der Waals surface area contributed by atoms with Gasteiger partial charge in [-0.3, -0.25) is 4.79 Å². The van der Waals surface area contributed by atoms with Crippen LogP contribution in [0.1, 0.15) is 79.6 Å². The van der Waals surface area contributed by atoms with Crippen LogP contribution in [0.4, 0.5) is 0 Å². The summed E-state index contributed by atoms with van der Waals surface area (Å²) in [5, 5.41) is 0. The molecule has 0 saturated heterocycles. The van der Waals surface area contributed by atoms with Gasteiger partial charge >= 0.3 is 5.97 Å². The predicted octanol–water partition coefficient (Wildman–Crippen LogP) is 5.64. The van der Waals surface area contributed by atoms with E-state index in [0.29, 0.717) is 35.1 Å². The molecule has 154 valence electrons. The maximum Gasteiger partial charge on any atom is 0.331 e. The summed E-state index contributed by atoms with van der Waals surface area (Å²) < 4.78 is 4.96. The fraction of sp³-hybridized carbons (Fsp3) is 0.760. The lowest BCUT2D eigenvalue weighted by atomic mass is 9.31. The molecule has 3 saturated carbocycles. The van der Waals surface area contributed by atoms with Gasteiger partial charge in [0.25, 0.3) is 0 Å². The van der Waals surface area contributed by atoms with Crippen molar-refractivity contribution in [3.8, 4) is 0 Å². The van der Waals surface area contributed by atoms with Crippen LogP contribution < -0.4 is 0 Å². The first-order valence-corrected chi connectivity index (χ1v) is 11.2. The van der Waals surface area contributed by atoms with Crippen molar-refractivity contribution in [1.82, 2.24) is 0 Å². The minimum Gasteiger partial charge on any atom is -0.458 e. The third-order valence-electron chi connectivity index (χ3n) is 9.85. The summed E-state index contributed by atoms with van der Waals surface area (Å²) in [5.41, 5.74) is 3.36. The Morgan fingerprint density at radius 1 is 1.21 bits per heavy atom. The first-order valence-electron chi connectivity index (χ1n) is 11.2. The maximum absolute atomic E-state index is 13.0. The van der Waals surface area contributed by atoms with E-state index in [2.05, 4.69) is 40.7 Å². The molecule has 0 amide bonds. The third-order valence-corrected chi connectivity index (χ3v) is 9.85. The summed E-state index contributed by atoms with van der Waals surface area (Å²) in [5.74, 6) is 1.68. The van der Waals surface area contributed by atoms with Crippen LogP contribution in [0.25, 0.3) is 0 Å². The number of Topliss-reactive ketones (excluding diaryl/α,β-unsaturated/α-hetero) is 1. The van der Waals surface area contributed by atoms with Crippen LogP contribution in [-0.4, -0.2) is 18.4 Å². The van der Waals surface area contributed by atoms with E-state index >= 15 is 0 Å². The van der Waals surface area contributed by atoms with Crippen molar-refractivity contribution >= 4 is 11.8 Å². The van der Waals surface area contributed by atoms with Gasteiger partial charge in [0.2, 0.25) is 0 Å². The molecule has 1 unspecified atom stereocenters. The summed E-state index contributed by atoms with van der Waals surface area (Å²) in [6.07, 6.45) is 11.4. The van der Waals surface area contributed by atoms with E-state index in [-0.39, 0.29) is 17.3 Å². The molecule has 3 fully saturated rings. The standard InChI is InChI=1S/C25H36O3/c1-16(7-6-8-18-14-21(27)28-15-18)9-10-19-22-20(26)13-17(2)23(3)11-12-24(19,4)25(22,23)5/h7,14,17,19,22H,6,8-13,15H2,1-5H3/b16-7+/t17-,19+,22?,23+,24-,25-/m0/s1. The Morgan fingerprint density at radius 3 is 2.61 bits per heavy atom. The molecule has 3 heteroatoms. The molecule has 1 aliphatic heterocycles. The number of carbonyl (C=O) groups excluding carboxylic acids is 2. The topological polar surface area (TPSA) is 43.4 Å². The predicted molar refractivity (Wildman–Crippen MR) is 111 cm³/mol. The fourth-order valence-corrected chi connectivity index (χ4v) is 7.64. The van der Waals surface area contributed by atoms with Crippen LogP contribution in [0.2, 0.25) is 0 Å². The maximum atomic E-state index is 13.0. The van der Waals surface area contributed by atoms with Crippen molar-refractivity contribution in [3.05, 3.63) is 23.3 Å². The normalized spacial score (nSPS) is 44.8. The van der Waals surface area contributed by atoms with Crippen LogP contribution in [-0.2, 0) is 14.3 Å². The van der Waals surface area contributed by atoms with Gasteiger partial charge in [-0.25, -0.2) is 4.79 Å². The SMILES string of the molecule is C/C(=C\CCC1=CC(=O)OC1)CC[C@@H]1C2C(=O)C[C@H](C)[C@@]3(C)CC[C@]1(C)[C@@]23C. The molecular formula is C25H36O3. The van der Waals surface area contributed by atoms with Gasteiger partial charge in [0.1, 0.15) is 12.4 Å². The first-order chi connectivity index (χ1) is 13.1. The average Bonchev–Trinajstić information content (AvgIpc) is 3.12. The molecule has 4 rings (SSSR count). The molecule has 0 bridgehead atoms. The van der Waals surface area contributed by atoms with Gasteiger partial charge in [0.05, 0.1) is 0 Å². The van der Waals surface area contributed by atoms with E-state index in [4.69, 9.17) is 4.74 Å². The Balaban J connectivity index is 1.39. The first kappa shape index (κ1) is 19.9. The van der Waals surface area contributed by atoms with Gasteiger partial charge < -0.3 is 4.74 Å².